The van der Waals surface area contributed by atoms with E-state index in [9.17, 15) is 14.7 Å². The fourth-order valence-electron chi connectivity index (χ4n) is 4.02. The number of nitrogens with one attached hydrogen (secondary N) is 1. The number of fused-ring (bicyclic) bond motifs is 2. The van der Waals surface area contributed by atoms with Gasteiger partial charge in [0, 0.05) is 10.6 Å². The van der Waals surface area contributed by atoms with Crippen molar-refractivity contribution in [1.29, 1.82) is 0 Å². The number of carboxylic acids is 1. The van der Waals surface area contributed by atoms with E-state index in [1.807, 2.05) is 26.8 Å². The Kier molecular flexibility index (Phi) is 6.04. The molecule has 4 unspecified atom stereocenters. The Bertz CT molecular complexity index is 853. The van der Waals surface area contributed by atoms with E-state index in [4.69, 9.17) is 22.8 Å². The molecule has 2 aliphatic rings. The minimum Gasteiger partial charge on any atom is -0.481 e. The number of benzene rings is 1. The number of carbonyl (C=O) groups excluding carboxylic acids is 1. The molecule has 1 aromatic carbocycles. The highest BCUT2D eigenvalue weighted by molar-refractivity contribution is 6.30. The molecule has 6 nitrogen and oxygen atoms in total. The molecule has 0 radical (unpaired) electrons. The second-order valence-corrected chi connectivity index (χ2v) is 8.81. The third-order valence-electron chi connectivity index (χ3n) is 5.07. The van der Waals surface area contributed by atoms with Crippen LogP contribution in [0.2, 0.25) is 5.02 Å². The molecule has 1 aromatic rings. The number of nitrogens with zero attached hydrogens (tertiary/aromatic N) is 1. The van der Waals surface area contributed by atoms with Gasteiger partial charge in [0.05, 0.1) is 24.8 Å². The second-order valence-electron chi connectivity index (χ2n) is 8.37. The quantitative estimate of drug-likeness (QED) is 0.550. The van der Waals surface area contributed by atoms with Crippen molar-refractivity contribution in [3.05, 3.63) is 47.0 Å². The van der Waals surface area contributed by atoms with Crippen LogP contribution in [0, 0.1) is 18.3 Å². The highest BCUT2D eigenvalue weighted by Gasteiger charge is 2.54. The maximum atomic E-state index is 13.3. The van der Waals surface area contributed by atoms with Crippen LogP contribution in [0.1, 0.15) is 32.4 Å². The molecule has 2 N–H and O–H groups in total. The molecule has 1 amide bonds. The van der Waals surface area contributed by atoms with Crippen LogP contribution in [0.15, 0.2) is 36.4 Å². The van der Waals surface area contributed by atoms with Gasteiger partial charge in [0.15, 0.2) is 0 Å². The molecular weight excluding hydrogens is 392 g/mol. The van der Waals surface area contributed by atoms with Gasteiger partial charge >= 0.3 is 5.97 Å². The monoisotopic (exact) mass is 416 g/mol. The molecule has 1 saturated heterocycles. The van der Waals surface area contributed by atoms with E-state index in [-0.39, 0.29) is 12.5 Å². The molecule has 0 aromatic heterocycles. The first-order chi connectivity index (χ1) is 13.6. The summed E-state index contributed by atoms with van der Waals surface area (Å²) >= 11 is 6.03. The molecule has 5 atom stereocenters. The Balaban J connectivity index is 2.06. The summed E-state index contributed by atoms with van der Waals surface area (Å²) < 4.78 is 5.82. The lowest BCUT2D eigenvalue weighted by molar-refractivity contribution is -0.145. The first-order valence-electron chi connectivity index (χ1n) is 9.45. The second kappa shape index (κ2) is 8.19. The summed E-state index contributed by atoms with van der Waals surface area (Å²) in [6.07, 6.45) is 8.28. The van der Waals surface area contributed by atoms with Gasteiger partial charge in [-0.15, -0.1) is 6.42 Å². The highest BCUT2D eigenvalue weighted by Crippen LogP contribution is 2.41. The van der Waals surface area contributed by atoms with E-state index < -0.39 is 41.7 Å². The van der Waals surface area contributed by atoms with Crippen LogP contribution in [0.4, 0.5) is 0 Å². The summed E-state index contributed by atoms with van der Waals surface area (Å²) in [5.74, 6) is 0.550. The molecule has 7 heteroatoms. The normalized spacial score (nSPS) is 26.3. The molecule has 1 fully saturated rings. The maximum absolute atomic E-state index is 13.3. The first-order valence-corrected chi connectivity index (χ1v) is 9.83. The molecule has 29 heavy (non-hydrogen) atoms. The van der Waals surface area contributed by atoms with Gasteiger partial charge < -0.3 is 15.2 Å². The molecule has 0 aliphatic carbocycles. The number of halogens is 1. The van der Waals surface area contributed by atoms with Crippen molar-refractivity contribution in [1.82, 2.24) is 10.2 Å². The first kappa shape index (κ1) is 21.4. The van der Waals surface area contributed by atoms with E-state index in [0.717, 1.165) is 0 Å². The van der Waals surface area contributed by atoms with Crippen molar-refractivity contribution in [2.75, 3.05) is 6.54 Å². The molecule has 3 rings (SSSR count). The zero-order valence-electron chi connectivity index (χ0n) is 16.6. The number of amides is 1. The van der Waals surface area contributed by atoms with E-state index in [1.54, 1.807) is 35.2 Å². The van der Waals surface area contributed by atoms with Crippen molar-refractivity contribution in [3.8, 4) is 12.3 Å². The van der Waals surface area contributed by atoms with Crippen LogP contribution in [0.25, 0.3) is 0 Å². The minimum atomic E-state index is -0.972. The van der Waals surface area contributed by atoms with Crippen LogP contribution in [-0.2, 0) is 14.3 Å². The zero-order chi connectivity index (χ0) is 21.3. The van der Waals surface area contributed by atoms with Gasteiger partial charge in [-0.2, -0.15) is 0 Å². The average molecular weight is 417 g/mol. The van der Waals surface area contributed by atoms with Crippen molar-refractivity contribution >= 4 is 23.5 Å². The Morgan fingerprint density at radius 1 is 1.28 bits per heavy atom. The van der Waals surface area contributed by atoms with E-state index in [2.05, 4.69) is 11.2 Å². The van der Waals surface area contributed by atoms with E-state index in [1.165, 1.54) is 0 Å². The van der Waals surface area contributed by atoms with Crippen LogP contribution in [0.5, 0.6) is 0 Å². The van der Waals surface area contributed by atoms with Crippen molar-refractivity contribution in [2.45, 2.75) is 50.6 Å². The Labute approximate surface area is 175 Å². The number of aliphatic carboxylic acids is 1. The third-order valence-corrected chi connectivity index (χ3v) is 5.32. The number of carbonyl (C=O) groups is 2. The number of rotatable bonds is 6. The number of hydrogen-bond donors (Lipinski definition) is 2. The summed E-state index contributed by atoms with van der Waals surface area (Å²) in [5.41, 5.74) is 0.211. The van der Waals surface area contributed by atoms with Crippen LogP contribution in [0.3, 0.4) is 0 Å². The average Bonchev–Trinajstić information content (AvgIpc) is 3.22. The fourth-order valence-corrected chi connectivity index (χ4v) is 4.15. The fraction of sp³-hybridized carbons (Fsp3) is 0.455. The zero-order valence-corrected chi connectivity index (χ0v) is 17.4. The number of terminal acetylenes is 1. The predicted molar refractivity (Wildman–Crippen MR) is 110 cm³/mol. The number of hydrogen-bond acceptors (Lipinski definition) is 4. The van der Waals surface area contributed by atoms with Crippen LogP contribution >= 0.6 is 11.6 Å². The summed E-state index contributed by atoms with van der Waals surface area (Å²) in [4.78, 5) is 27.1. The van der Waals surface area contributed by atoms with Crippen molar-refractivity contribution in [3.63, 3.8) is 0 Å². The van der Waals surface area contributed by atoms with Gasteiger partial charge in [0.2, 0.25) is 5.91 Å². The van der Waals surface area contributed by atoms with E-state index in [0.29, 0.717) is 10.6 Å². The number of ether oxygens (including phenoxy) is 1. The van der Waals surface area contributed by atoms with Crippen LogP contribution < -0.4 is 5.32 Å². The Morgan fingerprint density at radius 3 is 2.45 bits per heavy atom. The minimum absolute atomic E-state index is 0.0969. The maximum Gasteiger partial charge on any atom is 0.311 e. The summed E-state index contributed by atoms with van der Waals surface area (Å²) in [6.45, 7) is 5.76. The Morgan fingerprint density at radius 2 is 1.90 bits per heavy atom. The molecule has 2 heterocycles. The van der Waals surface area contributed by atoms with Crippen molar-refractivity contribution in [2.24, 2.45) is 5.92 Å². The SMILES string of the molecule is C#CCN(C1C2C=CC(O2)C1C(=O)O)[C@@H](C(=O)NC(C)(C)C)c1ccc(Cl)cc1. The van der Waals surface area contributed by atoms with Gasteiger partial charge in [0.25, 0.3) is 0 Å². The third kappa shape index (κ3) is 4.48. The lowest BCUT2D eigenvalue weighted by Crippen LogP contribution is -2.55. The van der Waals surface area contributed by atoms with Gasteiger partial charge in [-0.05, 0) is 38.5 Å². The van der Waals surface area contributed by atoms with Gasteiger partial charge in [-0.1, -0.05) is 41.8 Å². The topological polar surface area (TPSA) is 78.9 Å². The summed E-state index contributed by atoms with van der Waals surface area (Å²) in [7, 11) is 0. The predicted octanol–water partition coefficient (Wildman–Crippen LogP) is 2.64. The van der Waals surface area contributed by atoms with Crippen LogP contribution in [-0.4, -0.2) is 52.2 Å². The molecule has 0 spiro atoms. The van der Waals surface area contributed by atoms with Gasteiger partial charge in [0.1, 0.15) is 12.0 Å². The Hall–Kier alpha value is -2.33. The lowest BCUT2D eigenvalue weighted by Gasteiger charge is -2.39. The lowest BCUT2D eigenvalue weighted by atomic mass is 9.86. The van der Waals surface area contributed by atoms with E-state index >= 15 is 0 Å². The molecular formula is C22H25ClN2O4. The molecule has 2 bridgehead atoms. The number of carboxylic acid groups (broad SMARTS) is 1. The van der Waals surface area contributed by atoms with Gasteiger partial charge in [-0.25, -0.2) is 0 Å². The standard InChI is InChI=1S/C22H25ClN2O4/c1-5-12-25(19-16-11-10-15(29-16)17(19)21(27)28)18(20(26)24-22(2,3)4)13-6-8-14(23)9-7-13/h1,6-11,15-19H,12H2,2-4H3,(H,24,26)(H,27,28)/t15?,16?,17?,18-,19?/m1/s1. The van der Waals surface area contributed by atoms with Crippen molar-refractivity contribution < 1.29 is 19.4 Å². The molecule has 0 saturated carbocycles. The summed E-state index contributed by atoms with van der Waals surface area (Å²) in [6, 6.07) is 5.58. The smallest absolute Gasteiger partial charge is 0.311 e. The molecule has 2 aliphatic heterocycles. The molecule has 154 valence electrons. The highest BCUT2D eigenvalue weighted by atomic mass is 35.5. The van der Waals surface area contributed by atoms with Gasteiger partial charge in [-0.3, -0.25) is 14.5 Å². The largest absolute Gasteiger partial charge is 0.481 e. The summed E-state index contributed by atoms with van der Waals surface area (Å²) in [5, 5.41) is 13.4.